The Morgan fingerprint density at radius 2 is 1.96 bits per heavy atom. The van der Waals surface area contributed by atoms with Crippen LogP contribution >= 0.6 is 0 Å². The normalized spacial score (nSPS) is 48.0. The Balaban J connectivity index is 1.51. The van der Waals surface area contributed by atoms with Crippen LogP contribution in [0.1, 0.15) is 71.6 Å². The number of fused-ring (bicyclic) bond motifs is 5. The smallest absolute Gasteiger partial charge is 0.139 e. The summed E-state index contributed by atoms with van der Waals surface area (Å²) in [7, 11) is 0. The third kappa shape index (κ3) is 2.67. The molecule has 140 valence electrons. The average molecular weight is 347 g/mol. The van der Waals surface area contributed by atoms with Crippen molar-refractivity contribution in [1.82, 2.24) is 0 Å². The number of nitrogens with zero attached hydrogens (tertiary/aromatic N) is 1. The van der Waals surface area contributed by atoms with Crippen molar-refractivity contribution in [3.63, 3.8) is 0 Å². The van der Waals surface area contributed by atoms with Gasteiger partial charge in [-0.25, -0.2) is 0 Å². The van der Waals surface area contributed by atoms with E-state index in [1.807, 2.05) is 0 Å². The molecule has 2 N–H and O–H groups in total. The van der Waals surface area contributed by atoms with Crippen LogP contribution in [0.25, 0.3) is 0 Å². The van der Waals surface area contributed by atoms with Crippen molar-refractivity contribution in [2.24, 2.45) is 45.4 Å². The van der Waals surface area contributed by atoms with Gasteiger partial charge in [0.1, 0.15) is 12.4 Å². The van der Waals surface area contributed by atoms with Crippen LogP contribution < -0.4 is 5.73 Å². The molecule has 0 aromatic rings. The van der Waals surface area contributed by atoms with Gasteiger partial charge in [0.2, 0.25) is 0 Å². The third-order valence-electron chi connectivity index (χ3n) is 8.61. The van der Waals surface area contributed by atoms with Gasteiger partial charge in [0, 0.05) is 18.4 Å². The molecule has 0 spiro atoms. The molecule has 4 fully saturated rings. The van der Waals surface area contributed by atoms with Crippen LogP contribution in [0.5, 0.6) is 0 Å². The van der Waals surface area contributed by atoms with Crippen LogP contribution in [0.2, 0.25) is 0 Å². The Morgan fingerprint density at radius 3 is 2.76 bits per heavy atom. The van der Waals surface area contributed by atoms with Gasteiger partial charge in [-0.1, -0.05) is 19.0 Å². The predicted octanol–water partition coefficient (Wildman–Crippen LogP) is 3.93. The second-order valence-electron chi connectivity index (χ2n) is 9.56. The molecule has 0 aliphatic heterocycles. The lowest BCUT2D eigenvalue weighted by Crippen LogP contribution is -2.53. The number of hydrogen-bond acceptors (Lipinski definition) is 4. The zero-order valence-electron chi connectivity index (χ0n) is 15.9. The number of rotatable bonds is 3. The first-order valence-corrected chi connectivity index (χ1v) is 10.4. The Kier molecular flexibility index (Phi) is 4.46. The summed E-state index contributed by atoms with van der Waals surface area (Å²) in [5, 5.41) is 4.37. The van der Waals surface area contributed by atoms with E-state index in [1.54, 1.807) is 0 Å². The fourth-order valence-electron chi connectivity index (χ4n) is 7.10. The summed E-state index contributed by atoms with van der Waals surface area (Å²) in [6, 6.07) is 0. The molecule has 0 heterocycles. The minimum Gasteiger partial charge on any atom is -0.395 e. The molecule has 25 heavy (non-hydrogen) atoms. The maximum Gasteiger partial charge on any atom is 0.139 e. The van der Waals surface area contributed by atoms with E-state index in [9.17, 15) is 4.79 Å². The van der Waals surface area contributed by atoms with E-state index in [4.69, 9.17) is 10.6 Å². The zero-order chi connectivity index (χ0) is 17.7. The van der Waals surface area contributed by atoms with Crippen molar-refractivity contribution >= 4 is 11.5 Å². The van der Waals surface area contributed by atoms with Gasteiger partial charge in [0.15, 0.2) is 0 Å². The van der Waals surface area contributed by atoms with Crippen LogP contribution in [0.4, 0.5) is 0 Å². The molecular formula is C21H34N2O2. The molecule has 0 amide bonds. The van der Waals surface area contributed by atoms with Gasteiger partial charge in [0.05, 0.1) is 5.71 Å². The van der Waals surface area contributed by atoms with E-state index >= 15 is 0 Å². The molecule has 4 heteroatoms. The van der Waals surface area contributed by atoms with Crippen molar-refractivity contribution in [3.8, 4) is 0 Å². The highest BCUT2D eigenvalue weighted by Gasteiger charge is 2.59. The summed E-state index contributed by atoms with van der Waals surface area (Å²) in [6.45, 7) is 5.87. The fraction of sp³-hybridized carbons (Fsp3) is 0.905. The molecule has 4 saturated carbocycles. The monoisotopic (exact) mass is 346 g/mol. The Labute approximate surface area is 151 Å². The predicted molar refractivity (Wildman–Crippen MR) is 99.2 cm³/mol. The molecular weight excluding hydrogens is 312 g/mol. The molecule has 0 radical (unpaired) electrons. The Morgan fingerprint density at radius 1 is 1.12 bits per heavy atom. The van der Waals surface area contributed by atoms with Crippen molar-refractivity contribution in [2.75, 3.05) is 13.2 Å². The molecule has 4 rings (SSSR count). The number of oxime groups is 1. The second kappa shape index (κ2) is 6.37. The topological polar surface area (TPSA) is 64.7 Å². The van der Waals surface area contributed by atoms with Crippen LogP contribution in [0.3, 0.4) is 0 Å². The lowest BCUT2D eigenvalue weighted by Gasteiger charge is -2.59. The van der Waals surface area contributed by atoms with Crippen LogP contribution in [-0.4, -0.2) is 24.6 Å². The van der Waals surface area contributed by atoms with Crippen LogP contribution in [-0.2, 0) is 9.63 Å². The third-order valence-corrected chi connectivity index (χ3v) is 8.61. The van der Waals surface area contributed by atoms with Crippen molar-refractivity contribution in [2.45, 2.75) is 71.6 Å². The standard InChI is InChI=1S/C21H34N2O2/c1-20-9-7-15(23-25-12-11-22)13-14(20)3-4-16-17-5-6-19(24)21(17,2)10-8-18(16)20/h14,16-18H,3-13,22H2,1-2H3/b23-15+/t14?,16?,17?,18?,20-,21?/m0/s1. The quantitative estimate of drug-likeness (QED) is 0.622. The van der Waals surface area contributed by atoms with Gasteiger partial charge in [-0.2, -0.15) is 0 Å². The second-order valence-corrected chi connectivity index (χ2v) is 9.56. The molecule has 0 bridgehead atoms. The largest absolute Gasteiger partial charge is 0.395 e. The summed E-state index contributed by atoms with van der Waals surface area (Å²) in [6.07, 6.45) is 10.4. The molecule has 6 atom stereocenters. The highest BCUT2D eigenvalue weighted by Crippen LogP contribution is 2.65. The number of ketones is 1. The molecule has 0 saturated heterocycles. The Hall–Kier alpha value is -0.900. The minimum atomic E-state index is 0.00170. The summed E-state index contributed by atoms with van der Waals surface area (Å²) in [4.78, 5) is 17.8. The van der Waals surface area contributed by atoms with E-state index in [0.29, 0.717) is 30.3 Å². The van der Waals surface area contributed by atoms with E-state index in [2.05, 4.69) is 19.0 Å². The summed E-state index contributed by atoms with van der Waals surface area (Å²) < 4.78 is 0. The summed E-state index contributed by atoms with van der Waals surface area (Å²) >= 11 is 0. The minimum absolute atomic E-state index is 0.00170. The molecule has 5 unspecified atom stereocenters. The first-order valence-electron chi connectivity index (χ1n) is 10.4. The summed E-state index contributed by atoms with van der Waals surface area (Å²) in [5.41, 5.74) is 7.17. The van der Waals surface area contributed by atoms with E-state index < -0.39 is 0 Å². The number of carbonyl (C=O) groups is 1. The maximum atomic E-state index is 12.5. The van der Waals surface area contributed by atoms with E-state index in [1.165, 1.54) is 31.4 Å². The van der Waals surface area contributed by atoms with E-state index in [0.717, 1.165) is 49.9 Å². The van der Waals surface area contributed by atoms with Gasteiger partial charge >= 0.3 is 0 Å². The van der Waals surface area contributed by atoms with Gasteiger partial charge in [0.25, 0.3) is 0 Å². The van der Waals surface area contributed by atoms with E-state index in [-0.39, 0.29) is 5.41 Å². The van der Waals surface area contributed by atoms with Gasteiger partial charge < -0.3 is 10.6 Å². The first kappa shape index (κ1) is 17.5. The Bertz CT molecular complexity index is 574. The lowest BCUT2D eigenvalue weighted by atomic mass is 9.45. The number of Topliss-reactive ketones (excluding diaryl/α,β-unsaturated/α-hetero) is 1. The number of carbonyl (C=O) groups excluding carboxylic acids is 1. The van der Waals surface area contributed by atoms with Gasteiger partial charge in [-0.05, 0) is 80.5 Å². The average Bonchev–Trinajstić information content (AvgIpc) is 2.90. The summed E-state index contributed by atoms with van der Waals surface area (Å²) in [5.74, 6) is 3.53. The lowest BCUT2D eigenvalue weighted by molar-refractivity contribution is -0.137. The molecule has 4 aliphatic rings. The number of nitrogens with two attached hydrogens (primary N) is 1. The fourth-order valence-corrected chi connectivity index (χ4v) is 7.10. The van der Waals surface area contributed by atoms with Crippen molar-refractivity contribution in [1.29, 1.82) is 0 Å². The highest BCUT2D eigenvalue weighted by molar-refractivity contribution is 5.87. The highest BCUT2D eigenvalue weighted by atomic mass is 16.6. The van der Waals surface area contributed by atoms with Crippen molar-refractivity contribution < 1.29 is 9.63 Å². The maximum absolute atomic E-state index is 12.5. The van der Waals surface area contributed by atoms with Gasteiger partial charge in [-0.15, -0.1) is 0 Å². The number of hydrogen-bond donors (Lipinski definition) is 1. The van der Waals surface area contributed by atoms with Gasteiger partial charge in [-0.3, -0.25) is 4.79 Å². The molecule has 4 aliphatic carbocycles. The molecule has 0 aromatic heterocycles. The van der Waals surface area contributed by atoms with Crippen LogP contribution in [0, 0.1) is 34.5 Å². The first-order chi connectivity index (χ1) is 12.0. The van der Waals surface area contributed by atoms with Crippen LogP contribution in [0.15, 0.2) is 5.16 Å². The zero-order valence-corrected chi connectivity index (χ0v) is 15.9. The molecule has 0 aromatic carbocycles. The molecule has 4 nitrogen and oxygen atoms in total. The SMILES string of the molecule is CC12CCC3C(CCC4C/C(=N/OCCN)CC[C@@]43C)C1CCC2=O. The van der Waals surface area contributed by atoms with Crippen molar-refractivity contribution in [3.05, 3.63) is 0 Å².